The number of alkyl carbamates (subject to hydrolysis) is 1. The van der Waals surface area contributed by atoms with Crippen molar-refractivity contribution in [3.8, 4) is 17.8 Å². The number of hydrogen-bond donors (Lipinski definition) is 9. The van der Waals surface area contributed by atoms with Crippen molar-refractivity contribution in [2.24, 2.45) is 39.4 Å². The normalized spacial score (nSPS) is 18.6. The van der Waals surface area contributed by atoms with Crippen molar-refractivity contribution in [1.82, 2.24) is 36.1 Å². The highest BCUT2D eigenvalue weighted by atomic mass is 19.1. The summed E-state index contributed by atoms with van der Waals surface area (Å²) in [5.74, 6) is 0.885. The number of benzene rings is 2. The zero-order valence-corrected chi connectivity index (χ0v) is 80.1. The van der Waals surface area contributed by atoms with Crippen LogP contribution in [0.5, 0.6) is 11.8 Å². The number of aliphatic hydroxyl groups is 5. The van der Waals surface area contributed by atoms with E-state index in [4.69, 9.17) is 78.2 Å². The highest BCUT2D eigenvalue weighted by molar-refractivity contribution is 5.76. The third-order valence-electron chi connectivity index (χ3n) is 19.2. The average molecular weight is 1780 g/mol. The van der Waals surface area contributed by atoms with Gasteiger partial charge < -0.3 is 109 Å². The van der Waals surface area contributed by atoms with Crippen molar-refractivity contribution < 1.29 is 115 Å². The number of ether oxygens (including phenoxy) is 12. The van der Waals surface area contributed by atoms with Gasteiger partial charge in [-0.15, -0.1) is 0 Å². The number of unbranched alkanes of at least 4 members (excludes halogenated alkanes) is 1. The van der Waals surface area contributed by atoms with Crippen LogP contribution in [0.3, 0.4) is 0 Å². The van der Waals surface area contributed by atoms with Gasteiger partial charge >= 0.3 is 30.4 Å². The van der Waals surface area contributed by atoms with E-state index in [-0.39, 0.29) is 60.1 Å². The molecule has 5 aliphatic carbocycles. The first kappa shape index (κ1) is 120. The van der Waals surface area contributed by atoms with E-state index in [9.17, 15) is 32.8 Å². The molecule has 3 aromatic rings. The molecule has 6 fully saturated rings. The van der Waals surface area contributed by atoms with Crippen molar-refractivity contribution in [1.29, 1.82) is 5.26 Å². The molecule has 2 aromatic carbocycles. The fraction of sp³-hybridized carbons (Fsp3) is 0.763. The number of aliphatic hydroxyl groups excluding tert-OH is 5. The number of amides is 5. The molecular weight excluding hydrogens is 1620 g/mol. The molecule has 2 heterocycles. The summed E-state index contributed by atoms with van der Waals surface area (Å²) in [6, 6.07) is 13.3. The highest BCUT2D eigenvalue weighted by Crippen LogP contribution is 2.44. The number of methoxy groups -OCH3 is 2. The summed E-state index contributed by atoms with van der Waals surface area (Å²) in [6.07, 6.45) is 18.5. The van der Waals surface area contributed by atoms with E-state index in [2.05, 4.69) is 116 Å². The Morgan fingerprint density at radius 3 is 1.58 bits per heavy atom. The van der Waals surface area contributed by atoms with E-state index >= 15 is 0 Å². The molecule has 5 amide bonds. The molecule has 7 unspecified atom stereocenters. The van der Waals surface area contributed by atoms with Gasteiger partial charge in [-0.2, -0.15) is 5.26 Å². The first-order chi connectivity index (χ1) is 59.0. The van der Waals surface area contributed by atoms with Gasteiger partial charge in [0.2, 0.25) is 5.91 Å². The zero-order chi connectivity index (χ0) is 95.0. The van der Waals surface area contributed by atoms with Crippen molar-refractivity contribution in [2.75, 3.05) is 127 Å². The molecule has 0 spiro atoms. The molecule has 32 heteroatoms. The Morgan fingerprint density at radius 2 is 1.15 bits per heavy atom. The third kappa shape index (κ3) is 65.2. The maximum absolute atomic E-state index is 13.1. The van der Waals surface area contributed by atoms with Crippen LogP contribution in [0.2, 0.25) is 0 Å². The van der Waals surface area contributed by atoms with Crippen molar-refractivity contribution >= 4 is 30.3 Å². The minimum Gasteiger partial charge on any atom is -0.450 e. The lowest BCUT2D eigenvalue weighted by atomic mass is 9.70. The fourth-order valence-electron chi connectivity index (χ4n) is 12.6. The predicted octanol–water partition coefficient (Wildman–Crippen LogP) is 15.3. The summed E-state index contributed by atoms with van der Waals surface area (Å²) in [7, 11) is 6.75. The van der Waals surface area contributed by atoms with E-state index in [0.717, 1.165) is 117 Å². The van der Waals surface area contributed by atoms with Crippen LogP contribution in [-0.4, -0.2) is 253 Å². The average Bonchev–Trinajstić information content (AvgIpc) is 1.61. The molecule has 0 bridgehead atoms. The van der Waals surface area contributed by atoms with Crippen LogP contribution in [0.1, 0.15) is 245 Å². The molecule has 125 heavy (non-hydrogen) atoms. The van der Waals surface area contributed by atoms with Gasteiger partial charge in [0.1, 0.15) is 30.1 Å². The number of aromatic nitrogens is 2. The number of nitriles is 1. The molecule has 1 saturated heterocycles. The Bertz CT molecular complexity index is 3260. The monoisotopic (exact) mass is 1780 g/mol. The second-order valence-corrected chi connectivity index (χ2v) is 35.2. The first-order valence-electron chi connectivity index (χ1n) is 44.5. The molecule has 1 aromatic heterocycles. The molecule has 722 valence electrons. The van der Waals surface area contributed by atoms with E-state index in [0.29, 0.717) is 128 Å². The number of halogens is 2. The lowest BCUT2D eigenvalue weighted by Crippen LogP contribution is -2.41. The molecule has 30 nitrogen and oxygen atoms in total. The van der Waals surface area contributed by atoms with Gasteiger partial charge in [0.05, 0.1) is 80.3 Å². The fourth-order valence-corrected chi connectivity index (χ4v) is 12.6. The summed E-state index contributed by atoms with van der Waals surface area (Å²) in [5.41, 5.74) is 2.91. The highest BCUT2D eigenvalue weighted by Gasteiger charge is 2.41. The van der Waals surface area contributed by atoms with Crippen molar-refractivity contribution in [3.63, 3.8) is 0 Å². The van der Waals surface area contributed by atoms with E-state index in [1.807, 2.05) is 27.7 Å². The van der Waals surface area contributed by atoms with Gasteiger partial charge in [-0.25, -0.2) is 37.9 Å². The first-order valence-corrected chi connectivity index (χ1v) is 44.5. The molecule has 9 rings (SSSR count). The van der Waals surface area contributed by atoms with Crippen LogP contribution in [0.15, 0.2) is 60.9 Å². The standard InChI is InChI=1S/C14H16FNO.C11H22O2.C10H20O2.C9H10FNO2.C9H17NO2.C8H16O2.C7H9N3O2.C7H14O2.C7H16O2.C6H13NO3.C5H11NO2/c1-14(2)6-13(7-14)17-9-11-5-12(15)4-3-10(11)8-16;1-4-12-6-5-7-13-10-8-11(2,3)9-10;1-10(2)7-9(8-10)12-6-4-3-5-11;1-2-11-9(12)13-8-5-3-4-7(10)6-8;1-9(2)5-7(6-9)12-8(11)10(3)4;1-3-4-10-8-5-7(8)6-9-2;1-2-8-7(11)12-6-9-4-3-5-10-6;1-5-3-7(6(2)8)9-4-5;1-5(2)4-7(9)6(3)8;1-10-4-2-3-7-6(9)5-8;1-3-6-5(7)8-4-2/h3-5,13H,6-7,9H2,1-2H3;10H,4-9H2,1-3H3;9,11H,3-8H2,1-2H3;3-6H,2H2,1H3,(H,11,12);7H,5-6H2,1-4H3;7-8H,3-6H2,1-2H3;3-5H,2H2,1H3,(H,8,11);5-8H,3-4H2,1-2H3;5-9H,4H2,1-3H3;8H,2-5H2,1H3,(H,7,9);3-4H2,1-2H3,(H,6,7). The minimum atomic E-state index is -0.590. The number of carbonyl (C=O) groups excluding carboxylic acids is 5. The Morgan fingerprint density at radius 1 is 0.616 bits per heavy atom. The van der Waals surface area contributed by atoms with E-state index in [1.165, 1.54) is 85.8 Å². The summed E-state index contributed by atoms with van der Waals surface area (Å²) in [6.45, 7) is 48.2. The van der Waals surface area contributed by atoms with Gasteiger partial charge in [0, 0.05) is 132 Å². The topological polar surface area (TPSA) is 398 Å². The predicted molar refractivity (Wildman–Crippen MR) is 480 cm³/mol. The van der Waals surface area contributed by atoms with Gasteiger partial charge in [-0.05, 0) is 227 Å². The Hall–Kier alpha value is -7.10. The number of hydrogen-bond acceptors (Lipinski definition) is 25. The molecule has 1 aliphatic heterocycles. The van der Waals surface area contributed by atoms with Crippen LogP contribution in [-0.2, 0) is 58.8 Å². The Labute approximate surface area is 747 Å². The Balaban J connectivity index is 0. The van der Waals surface area contributed by atoms with Crippen LogP contribution < -0.4 is 30.7 Å². The largest absolute Gasteiger partial charge is 0.450 e. The van der Waals surface area contributed by atoms with Crippen molar-refractivity contribution in [3.05, 3.63) is 83.7 Å². The second kappa shape index (κ2) is 69.9. The van der Waals surface area contributed by atoms with Gasteiger partial charge in [0.15, 0.2) is 0 Å². The minimum absolute atomic E-state index is 0.0588. The quantitative estimate of drug-likeness (QED) is 0.0247. The summed E-state index contributed by atoms with van der Waals surface area (Å²) >= 11 is 0. The molecule has 7 atom stereocenters. The Kier molecular flexibility index (Phi) is 67.1. The molecular formula is C93H164F2N8O22. The number of carbonyl (C=O) groups is 5. The summed E-state index contributed by atoms with van der Waals surface area (Å²) < 4.78 is 87.5. The smallest absolute Gasteiger partial charge is 0.415 e. The lowest BCUT2D eigenvalue weighted by Gasteiger charge is -2.42. The van der Waals surface area contributed by atoms with Crippen LogP contribution in [0.25, 0.3) is 0 Å². The van der Waals surface area contributed by atoms with E-state index in [1.54, 1.807) is 69.0 Å². The maximum Gasteiger partial charge on any atom is 0.415 e. The van der Waals surface area contributed by atoms with Crippen LogP contribution >= 0.6 is 0 Å². The molecule has 5 saturated carbocycles. The third-order valence-corrected chi connectivity index (χ3v) is 19.2. The SMILES string of the molecule is CC(C)CC(O)C(C)O.CC1(C)CC(OCCCCO)C1.CC1(C)CC(OCc2cc(F)ccc2C#N)C1.CC1COC(C(C)O)C1.CCCOC1CC1COC.CCNC(=O)OCC.CCNC(=O)Oc1cccc(F)c1.CCNC(=O)Oc1ncccn1.CCOCCCOC1CC(C)(C)C1.CN(C)C(=O)OC1CC(C)(C)C1.COCCCNC(=O)CO. The van der Waals surface area contributed by atoms with E-state index < -0.39 is 36.8 Å². The van der Waals surface area contributed by atoms with Gasteiger partial charge in [-0.3, -0.25) is 4.79 Å². The number of nitrogens with one attached hydrogen (secondary N) is 4. The lowest BCUT2D eigenvalue weighted by molar-refractivity contribution is -0.123. The maximum atomic E-state index is 13.1. The molecule has 9 N–H and O–H groups in total. The van der Waals surface area contributed by atoms with Gasteiger partial charge in [-0.1, -0.05) is 89.2 Å². The zero-order valence-electron chi connectivity index (χ0n) is 80.1. The summed E-state index contributed by atoms with van der Waals surface area (Å²) in [4.78, 5) is 62.3. The number of nitrogens with zero attached hydrogens (tertiary/aromatic N) is 4. The van der Waals surface area contributed by atoms with Crippen molar-refractivity contribution in [2.45, 2.75) is 296 Å². The molecule has 6 aliphatic rings. The van der Waals surface area contributed by atoms with Crippen LogP contribution in [0, 0.1) is 62.4 Å². The van der Waals surface area contributed by atoms with Crippen LogP contribution in [0.4, 0.5) is 28.0 Å². The number of rotatable bonds is 35. The summed E-state index contributed by atoms with van der Waals surface area (Å²) in [5, 5.41) is 62.5. The second-order valence-electron chi connectivity index (χ2n) is 35.2. The molecule has 0 radical (unpaired) electrons. The van der Waals surface area contributed by atoms with Gasteiger partial charge in [0.25, 0.3) is 0 Å².